The summed E-state index contributed by atoms with van der Waals surface area (Å²) in [6.07, 6.45) is 20.8. The van der Waals surface area contributed by atoms with E-state index in [9.17, 15) is 0 Å². The first-order valence-corrected chi connectivity index (χ1v) is 9.58. The average molecular weight is 292 g/mol. The molecule has 0 spiro atoms. The van der Waals surface area contributed by atoms with Gasteiger partial charge in [0.05, 0.1) is 0 Å². The fraction of sp³-hybridized carbons (Fsp3) is 0.895. The molecule has 0 atom stereocenters. The van der Waals surface area contributed by atoms with E-state index in [0.29, 0.717) is 12.2 Å². The lowest BCUT2D eigenvalue weighted by molar-refractivity contribution is 0.308. The summed E-state index contributed by atoms with van der Waals surface area (Å²) in [5, 5.41) is 0.344. The Labute approximate surface area is 134 Å². The fourth-order valence-corrected chi connectivity index (χ4v) is 3.70. The molecule has 0 aromatic rings. The van der Waals surface area contributed by atoms with E-state index in [-0.39, 0.29) is 0 Å². The number of hydrogen-bond donors (Lipinski definition) is 0. The van der Waals surface area contributed by atoms with Gasteiger partial charge in [0.2, 0.25) is 0 Å². The van der Waals surface area contributed by atoms with Crippen LogP contribution in [0.3, 0.4) is 0 Å². The number of unbranched alkanes of at least 4 members (excludes halogenated alkanes) is 6. The second-order valence-electron chi connectivity index (χ2n) is 6.87. The molecule has 1 nitrogen and oxygen atoms in total. The molecule has 0 fully saturated rings. The molecule has 0 bridgehead atoms. The Morgan fingerprint density at radius 3 is 2.00 bits per heavy atom. The van der Waals surface area contributed by atoms with Crippen LogP contribution in [0.2, 0.25) is 11.6 Å². The highest BCUT2D eigenvalue weighted by atomic mass is 16.4. The summed E-state index contributed by atoms with van der Waals surface area (Å²) in [6, 6.07) is 0. The van der Waals surface area contributed by atoms with Crippen molar-refractivity contribution >= 4 is 6.92 Å². The maximum Gasteiger partial charge on any atom is 0.303 e. The predicted molar refractivity (Wildman–Crippen MR) is 96.2 cm³/mol. The topological polar surface area (TPSA) is 9.23 Å². The Morgan fingerprint density at radius 2 is 1.43 bits per heavy atom. The Balaban J connectivity index is 2.66. The maximum atomic E-state index is 6.22. The normalized spacial score (nSPS) is 17.4. The molecule has 0 amide bonds. The lowest BCUT2D eigenvalue weighted by Gasteiger charge is -2.39. The number of hydrogen-bond acceptors (Lipinski definition) is 1. The third-order valence-corrected chi connectivity index (χ3v) is 5.05. The molecular formula is C19H37BO. The zero-order valence-electron chi connectivity index (χ0n) is 14.8. The Bertz CT molecular complexity index is 265. The lowest BCUT2D eigenvalue weighted by atomic mass is 9.39. The van der Waals surface area contributed by atoms with Gasteiger partial charge < -0.3 is 4.65 Å². The van der Waals surface area contributed by atoms with Crippen LogP contribution in [0.5, 0.6) is 0 Å². The number of rotatable bonds is 12. The predicted octanol–water partition coefficient (Wildman–Crippen LogP) is 6.66. The van der Waals surface area contributed by atoms with Gasteiger partial charge in [0, 0.05) is 6.61 Å². The molecule has 0 unspecified atom stereocenters. The molecule has 1 aliphatic heterocycles. The van der Waals surface area contributed by atoms with Crippen molar-refractivity contribution in [1.82, 2.24) is 0 Å². The van der Waals surface area contributed by atoms with Gasteiger partial charge in [-0.05, 0) is 24.5 Å². The van der Waals surface area contributed by atoms with Crippen LogP contribution in [0.25, 0.3) is 0 Å². The second-order valence-corrected chi connectivity index (χ2v) is 6.87. The Kier molecular flexibility index (Phi) is 10.2. The minimum absolute atomic E-state index is 0.344. The van der Waals surface area contributed by atoms with Crippen LogP contribution in [-0.2, 0) is 4.65 Å². The fourth-order valence-electron chi connectivity index (χ4n) is 3.70. The van der Waals surface area contributed by atoms with Crippen molar-refractivity contribution < 1.29 is 4.65 Å². The van der Waals surface area contributed by atoms with E-state index in [4.69, 9.17) is 4.65 Å². The van der Waals surface area contributed by atoms with Gasteiger partial charge in [-0.15, -0.1) is 0 Å². The molecule has 0 saturated carbocycles. The summed E-state index contributed by atoms with van der Waals surface area (Å²) in [6.45, 7) is 8.20. The molecule has 2 heteroatoms. The van der Waals surface area contributed by atoms with Crippen LogP contribution >= 0.6 is 0 Å². The Hall–Kier alpha value is -0.235. The van der Waals surface area contributed by atoms with E-state index >= 15 is 0 Å². The largest absolute Gasteiger partial charge is 0.432 e. The molecule has 1 aliphatic rings. The van der Waals surface area contributed by atoms with E-state index in [1.54, 1.807) is 0 Å². The Morgan fingerprint density at radius 1 is 0.857 bits per heavy atom. The quantitative estimate of drug-likeness (QED) is 0.222. The lowest BCUT2D eigenvalue weighted by Crippen LogP contribution is -2.37. The van der Waals surface area contributed by atoms with Crippen molar-refractivity contribution in [3.8, 4) is 0 Å². The minimum Gasteiger partial charge on any atom is -0.432 e. The molecule has 0 saturated heterocycles. The molecule has 1 heterocycles. The van der Waals surface area contributed by atoms with Crippen molar-refractivity contribution in [3.63, 3.8) is 0 Å². The molecule has 122 valence electrons. The van der Waals surface area contributed by atoms with Crippen LogP contribution in [0, 0.1) is 0 Å². The summed E-state index contributed by atoms with van der Waals surface area (Å²) in [4.78, 5) is 0. The van der Waals surface area contributed by atoms with Crippen molar-refractivity contribution in [2.45, 2.75) is 103 Å². The van der Waals surface area contributed by atoms with E-state index in [0.717, 1.165) is 6.61 Å². The third kappa shape index (κ3) is 6.59. The highest BCUT2D eigenvalue weighted by molar-refractivity contribution is 6.56. The van der Waals surface area contributed by atoms with Crippen LogP contribution in [0.15, 0.2) is 12.2 Å². The van der Waals surface area contributed by atoms with Gasteiger partial charge in [-0.1, -0.05) is 90.7 Å². The van der Waals surface area contributed by atoms with Gasteiger partial charge in [0.15, 0.2) is 0 Å². The summed E-state index contributed by atoms with van der Waals surface area (Å²) in [7, 11) is 0. The highest BCUT2D eigenvalue weighted by Gasteiger charge is 2.41. The van der Waals surface area contributed by atoms with Gasteiger partial charge in [0.25, 0.3) is 0 Å². The summed E-state index contributed by atoms with van der Waals surface area (Å²) < 4.78 is 6.22. The molecule has 0 radical (unpaired) electrons. The van der Waals surface area contributed by atoms with Gasteiger partial charge >= 0.3 is 6.92 Å². The first-order chi connectivity index (χ1) is 10.3. The second kappa shape index (κ2) is 11.3. The first-order valence-electron chi connectivity index (χ1n) is 9.58. The standard InChI is InChI=1S/C19H37BO/c1-4-7-10-14-19(15-11-8-5-2)16-13-18-21-20(19)17-12-9-6-3/h13,16H,4-12,14-15,17-18H2,1-3H3. The zero-order chi connectivity index (χ0) is 15.4. The van der Waals surface area contributed by atoms with Crippen molar-refractivity contribution in [2.24, 2.45) is 0 Å². The van der Waals surface area contributed by atoms with Crippen molar-refractivity contribution in [3.05, 3.63) is 12.2 Å². The van der Waals surface area contributed by atoms with Crippen LogP contribution < -0.4 is 0 Å². The molecule has 0 aliphatic carbocycles. The van der Waals surface area contributed by atoms with Crippen LogP contribution in [0.1, 0.15) is 91.4 Å². The van der Waals surface area contributed by atoms with Gasteiger partial charge in [-0.3, -0.25) is 0 Å². The molecule has 0 N–H and O–H groups in total. The highest BCUT2D eigenvalue weighted by Crippen LogP contribution is 2.47. The van der Waals surface area contributed by atoms with E-state index < -0.39 is 0 Å². The van der Waals surface area contributed by atoms with Crippen molar-refractivity contribution in [1.29, 1.82) is 0 Å². The maximum absolute atomic E-state index is 6.22. The molecular weight excluding hydrogens is 255 g/mol. The third-order valence-electron chi connectivity index (χ3n) is 5.05. The monoisotopic (exact) mass is 292 g/mol. The van der Waals surface area contributed by atoms with Gasteiger partial charge in [-0.2, -0.15) is 0 Å². The summed E-state index contributed by atoms with van der Waals surface area (Å²) in [5.41, 5.74) is 0. The van der Waals surface area contributed by atoms with Crippen LogP contribution in [-0.4, -0.2) is 13.5 Å². The summed E-state index contributed by atoms with van der Waals surface area (Å²) in [5.74, 6) is 0. The smallest absolute Gasteiger partial charge is 0.303 e. The van der Waals surface area contributed by atoms with Crippen LogP contribution in [0.4, 0.5) is 0 Å². The molecule has 0 aromatic carbocycles. The molecule has 0 aromatic heterocycles. The number of allylic oxidation sites excluding steroid dienone is 1. The van der Waals surface area contributed by atoms with E-state index in [1.807, 2.05) is 0 Å². The van der Waals surface area contributed by atoms with Gasteiger partial charge in [0.1, 0.15) is 0 Å². The zero-order valence-corrected chi connectivity index (χ0v) is 14.8. The van der Waals surface area contributed by atoms with E-state index in [1.165, 1.54) is 76.9 Å². The minimum atomic E-state index is 0.344. The SMILES string of the molecule is CCCCCB1OCC=CC1(CCCCC)CCCCC. The average Bonchev–Trinajstić information content (AvgIpc) is 2.50. The molecule has 21 heavy (non-hydrogen) atoms. The molecule has 1 rings (SSSR count). The van der Waals surface area contributed by atoms with Gasteiger partial charge in [-0.25, -0.2) is 0 Å². The summed E-state index contributed by atoms with van der Waals surface area (Å²) >= 11 is 0. The van der Waals surface area contributed by atoms with E-state index in [2.05, 4.69) is 32.9 Å². The first kappa shape index (κ1) is 18.8. The van der Waals surface area contributed by atoms with Crippen molar-refractivity contribution in [2.75, 3.05) is 6.61 Å².